The minimum absolute atomic E-state index is 0.214. The number of ether oxygens (including phenoxy) is 2. The molecule has 1 aliphatic carbocycles. The number of thiophene rings is 1. The van der Waals surface area contributed by atoms with Gasteiger partial charge in [0.15, 0.2) is 0 Å². The van der Waals surface area contributed by atoms with Crippen LogP contribution in [0, 0.1) is 5.82 Å². The van der Waals surface area contributed by atoms with Gasteiger partial charge in [0.05, 0.1) is 18.4 Å². The normalized spacial score (nSPS) is 12.6. The van der Waals surface area contributed by atoms with Crippen molar-refractivity contribution in [1.82, 2.24) is 5.43 Å². The van der Waals surface area contributed by atoms with E-state index in [9.17, 15) is 18.8 Å². The van der Waals surface area contributed by atoms with E-state index in [1.54, 1.807) is 43.3 Å². The number of carbonyl (C=O) groups is 3. The lowest BCUT2D eigenvalue weighted by molar-refractivity contribution is -0.136. The summed E-state index contributed by atoms with van der Waals surface area (Å²) < 4.78 is 24.1. The highest BCUT2D eigenvalue weighted by Crippen LogP contribution is 2.38. The van der Waals surface area contributed by atoms with Gasteiger partial charge in [-0.1, -0.05) is 12.1 Å². The second kappa shape index (κ2) is 12.3. The maximum atomic E-state index is 13.3. The van der Waals surface area contributed by atoms with Gasteiger partial charge in [-0.05, 0) is 85.7 Å². The number of amides is 2. The largest absolute Gasteiger partial charge is 0.489 e. The van der Waals surface area contributed by atoms with Crippen molar-refractivity contribution in [3.8, 4) is 5.75 Å². The molecule has 0 saturated heterocycles. The quantitative estimate of drug-likeness (QED) is 0.194. The van der Waals surface area contributed by atoms with Gasteiger partial charge in [-0.25, -0.2) is 14.6 Å². The summed E-state index contributed by atoms with van der Waals surface area (Å²) in [5.41, 5.74) is 4.80. The molecule has 1 aromatic heterocycles. The van der Waals surface area contributed by atoms with E-state index in [-0.39, 0.29) is 19.0 Å². The molecule has 2 aromatic carbocycles. The third-order valence-electron chi connectivity index (χ3n) is 5.64. The van der Waals surface area contributed by atoms with Crippen molar-refractivity contribution in [1.29, 1.82) is 0 Å². The van der Waals surface area contributed by atoms with Crippen LogP contribution in [0.15, 0.2) is 53.6 Å². The number of halogens is 1. The minimum atomic E-state index is -0.965. The molecule has 0 radical (unpaired) electrons. The number of nitrogens with one attached hydrogen (secondary N) is 2. The topological polar surface area (TPSA) is 106 Å². The molecule has 1 aliphatic rings. The molecule has 0 fully saturated rings. The van der Waals surface area contributed by atoms with E-state index < -0.39 is 17.8 Å². The number of nitrogens with zero attached hydrogens (tertiary/aromatic N) is 1. The molecule has 2 amide bonds. The van der Waals surface area contributed by atoms with Gasteiger partial charge in [-0.2, -0.15) is 5.10 Å². The fourth-order valence-corrected chi connectivity index (χ4v) is 5.17. The number of esters is 1. The molecule has 37 heavy (non-hydrogen) atoms. The highest BCUT2D eigenvalue weighted by Gasteiger charge is 2.28. The lowest BCUT2D eigenvalue weighted by Gasteiger charge is -2.12. The van der Waals surface area contributed by atoms with Gasteiger partial charge in [-0.15, -0.1) is 11.3 Å². The van der Waals surface area contributed by atoms with E-state index in [4.69, 9.17) is 9.47 Å². The van der Waals surface area contributed by atoms with Crippen LogP contribution >= 0.6 is 11.3 Å². The monoisotopic (exact) mass is 523 g/mol. The van der Waals surface area contributed by atoms with Crippen LogP contribution in [-0.2, 0) is 33.8 Å². The highest BCUT2D eigenvalue weighted by molar-refractivity contribution is 7.17. The molecule has 0 unspecified atom stereocenters. The lowest BCUT2D eigenvalue weighted by atomic mass is 9.95. The van der Waals surface area contributed by atoms with E-state index in [0.717, 1.165) is 36.1 Å². The third kappa shape index (κ3) is 6.79. The highest BCUT2D eigenvalue weighted by atomic mass is 32.1. The Labute approximate surface area is 217 Å². The van der Waals surface area contributed by atoms with Gasteiger partial charge in [-0.3, -0.25) is 9.59 Å². The van der Waals surface area contributed by atoms with Crippen molar-refractivity contribution < 1.29 is 28.2 Å². The summed E-state index contributed by atoms with van der Waals surface area (Å²) >= 11 is 1.31. The zero-order valence-corrected chi connectivity index (χ0v) is 21.0. The fourth-order valence-electron chi connectivity index (χ4n) is 3.89. The zero-order chi connectivity index (χ0) is 26.2. The molecule has 0 saturated carbocycles. The molecule has 4 rings (SSSR count). The van der Waals surface area contributed by atoms with Gasteiger partial charge >= 0.3 is 17.8 Å². The minimum Gasteiger partial charge on any atom is -0.489 e. The summed E-state index contributed by atoms with van der Waals surface area (Å²) in [5.74, 6) is -2.13. The molecule has 8 nitrogen and oxygen atoms in total. The number of rotatable bonds is 8. The Morgan fingerprint density at radius 2 is 1.86 bits per heavy atom. The Morgan fingerprint density at radius 3 is 2.62 bits per heavy atom. The Kier molecular flexibility index (Phi) is 8.63. The van der Waals surface area contributed by atoms with E-state index in [0.29, 0.717) is 27.4 Å². The van der Waals surface area contributed by atoms with Crippen molar-refractivity contribution in [2.75, 3.05) is 11.9 Å². The Bertz CT molecular complexity index is 1320. The molecule has 1 heterocycles. The van der Waals surface area contributed by atoms with Gasteiger partial charge in [0.25, 0.3) is 0 Å². The number of anilines is 1. The molecule has 0 atom stereocenters. The summed E-state index contributed by atoms with van der Waals surface area (Å²) in [6, 6.07) is 13.0. The molecule has 0 spiro atoms. The number of fused-ring (bicyclic) bond motifs is 1. The first-order valence-electron chi connectivity index (χ1n) is 11.9. The lowest BCUT2D eigenvalue weighted by Crippen LogP contribution is -2.32. The van der Waals surface area contributed by atoms with Crippen molar-refractivity contribution >= 4 is 40.3 Å². The molecule has 10 heteroatoms. The smallest absolute Gasteiger partial charge is 0.341 e. The summed E-state index contributed by atoms with van der Waals surface area (Å²) in [7, 11) is 0. The van der Waals surface area contributed by atoms with E-state index in [2.05, 4.69) is 15.8 Å². The van der Waals surface area contributed by atoms with Crippen molar-refractivity contribution in [3.63, 3.8) is 0 Å². The van der Waals surface area contributed by atoms with Gasteiger partial charge < -0.3 is 14.8 Å². The number of hydrazone groups is 1. The summed E-state index contributed by atoms with van der Waals surface area (Å²) in [5, 5.41) is 6.70. The first-order chi connectivity index (χ1) is 17.9. The Balaban J connectivity index is 1.32. The molecule has 0 bridgehead atoms. The third-order valence-corrected chi connectivity index (χ3v) is 6.85. The molecule has 2 N–H and O–H groups in total. The van der Waals surface area contributed by atoms with Crippen LogP contribution in [-0.4, -0.2) is 30.6 Å². The average molecular weight is 524 g/mol. The summed E-state index contributed by atoms with van der Waals surface area (Å²) in [6.45, 7) is 2.15. The molecule has 3 aromatic rings. The standard InChI is InChI=1S/C27H26FN3O5S/c1-2-35-27(34)23-21-8-3-4-9-22(21)37-26(23)30-24(32)25(33)31-29-15-17-10-12-20(13-11-17)36-16-18-6-5-7-19(28)14-18/h5-7,10-15H,2-4,8-9,16H2,1H3,(H,30,32)(H,31,33)/b29-15+. The van der Waals surface area contributed by atoms with Crippen molar-refractivity contribution in [3.05, 3.63) is 81.5 Å². The van der Waals surface area contributed by atoms with E-state index in [1.807, 2.05) is 0 Å². The molecular weight excluding hydrogens is 497 g/mol. The first-order valence-corrected chi connectivity index (χ1v) is 12.7. The van der Waals surface area contributed by atoms with Crippen LogP contribution in [0.3, 0.4) is 0 Å². The number of hydrogen-bond acceptors (Lipinski definition) is 7. The van der Waals surface area contributed by atoms with E-state index >= 15 is 0 Å². The number of carbonyl (C=O) groups excluding carboxylic acids is 3. The van der Waals surface area contributed by atoms with Crippen LogP contribution in [0.5, 0.6) is 5.75 Å². The molecule has 0 aliphatic heterocycles. The maximum absolute atomic E-state index is 13.3. The molecular formula is C27H26FN3O5S. The van der Waals surface area contributed by atoms with Crippen LogP contribution in [0.2, 0.25) is 0 Å². The van der Waals surface area contributed by atoms with Gasteiger partial charge in [0.1, 0.15) is 23.2 Å². The van der Waals surface area contributed by atoms with E-state index in [1.165, 1.54) is 29.7 Å². The first kappa shape index (κ1) is 26.0. The zero-order valence-electron chi connectivity index (χ0n) is 20.2. The second-order valence-corrected chi connectivity index (χ2v) is 9.38. The second-order valence-electron chi connectivity index (χ2n) is 8.28. The van der Waals surface area contributed by atoms with Gasteiger partial charge in [0.2, 0.25) is 0 Å². The maximum Gasteiger partial charge on any atom is 0.341 e. The van der Waals surface area contributed by atoms with Crippen LogP contribution in [0.1, 0.15) is 51.7 Å². The average Bonchev–Trinajstić information content (AvgIpc) is 3.26. The molecule has 192 valence electrons. The number of hydrogen-bond donors (Lipinski definition) is 2. The predicted octanol–water partition coefficient (Wildman–Crippen LogP) is 4.61. The van der Waals surface area contributed by atoms with Crippen molar-refractivity contribution in [2.45, 2.75) is 39.2 Å². The number of benzene rings is 2. The Morgan fingerprint density at radius 1 is 1.08 bits per heavy atom. The predicted molar refractivity (Wildman–Crippen MR) is 138 cm³/mol. The Hall–Kier alpha value is -4.05. The number of aryl methyl sites for hydroxylation is 1. The van der Waals surface area contributed by atoms with Gasteiger partial charge in [0, 0.05) is 4.88 Å². The van der Waals surface area contributed by atoms with Crippen LogP contribution < -0.4 is 15.5 Å². The van der Waals surface area contributed by atoms with Crippen molar-refractivity contribution in [2.24, 2.45) is 5.10 Å². The summed E-state index contributed by atoms with van der Waals surface area (Å²) in [4.78, 5) is 38.3. The summed E-state index contributed by atoms with van der Waals surface area (Å²) in [6.07, 6.45) is 4.92. The van der Waals surface area contributed by atoms with Crippen LogP contribution in [0.25, 0.3) is 0 Å². The fraction of sp³-hybridized carbons (Fsp3) is 0.259. The van der Waals surface area contributed by atoms with Crippen LogP contribution in [0.4, 0.5) is 9.39 Å². The SMILES string of the molecule is CCOC(=O)c1c(NC(=O)C(=O)N/N=C/c2ccc(OCc3cccc(F)c3)cc2)sc2c1CCCC2.